The average molecular weight is 234 g/mol. The molecule has 4 heteroatoms. The summed E-state index contributed by atoms with van der Waals surface area (Å²) in [5, 5.41) is 20.7. The molecule has 1 heterocycles. The van der Waals surface area contributed by atoms with Gasteiger partial charge in [0.2, 0.25) is 0 Å². The van der Waals surface area contributed by atoms with Crippen LogP contribution < -0.4 is 0 Å². The molecule has 2 N–H and O–H groups in total. The Morgan fingerprint density at radius 1 is 1.29 bits per heavy atom. The fourth-order valence-corrected chi connectivity index (χ4v) is 2.18. The minimum absolute atomic E-state index is 0.218. The van der Waals surface area contributed by atoms with Crippen LogP contribution in [0.5, 0.6) is 5.75 Å². The largest absolute Gasteiger partial charge is 0.508 e. The van der Waals surface area contributed by atoms with E-state index in [9.17, 15) is 10.3 Å². The second kappa shape index (κ2) is 4.13. The maximum Gasteiger partial charge on any atom is 0.151 e. The summed E-state index contributed by atoms with van der Waals surface area (Å²) in [6.45, 7) is 5.94. The molecule has 0 spiro atoms. The second-order valence-corrected chi connectivity index (χ2v) is 4.80. The molecule has 4 nitrogen and oxygen atoms in total. The highest BCUT2D eigenvalue weighted by Crippen LogP contribution is 2.36. The Morgan fingerprint density at radius 3 is 2.35 bits per heavy atom. The fraction of sp³-hybridized carbons (Fsp3) is 0.462. The maximum absolute atomic E-state index is 10.2. The van der Waals surface area contributed by atoms with Crippen LogP contribution in [0, 0.1) is 0 Å². The van der Waals surface area contributed by atoms with E-state index in [1.54, 1.807) is 24.3 Å². The van der Waals surface area contributed by atoms with Gasteiger partial charge in [0.15, 0.2) is 6.17 Å². The van der Waals surface area contributed by atoms with Crippen LogP contribution in [-0.2, 0) is 0 Å². The lowest BCUT2D eigenvalue weighted by molar-refractivity contribution is -0.159. The molecule has 0 radical (unpaired) electrons. The molecule has 1 aliphatic rings. The first kappa shape index (κ1) is 12.1. The Kier molecular flexibility index (Phi) is 2.93. The molecule has 2 rings (SSSR count). The number of hydroxylamine groups is 2. The van der Waals surface area contributed by atoms with E-state index in [0.717, 1.165) is 17.7 Å². The van der Waals surface area contributed by atoms with Crippen molar-refractivity contribution in [3.63, 3.8) is 0 Å². The number of aromatic hydroxyl groups is 1. The molecule has 0 fully saturated rings. The number of benzene rings is 1. The summed E-state index contributed by atoms with van der Waals surface area (Å²) in [6, 6.07) is 6.77. The van der Waals surface area contributed by atoms with Crippen molar-refractivity contribution in [2.75, 3.05) is 0 Å². The van der Waals surface area contributed by atoms with Gasteiger partial charge in [0, 0.05) is 5.71 Å². The average Bonchev–Trinajstić information content (AvgIpc) is 2.52. The van der Waals surface area contributed by atoms with Crippen molar-refractivity contribution in [2.24, 2.45) is 4.99 Å². The SMILES string of the molecule is CCC1=NC(c2ccc(O)cc2)N(O)C1(C)C. The summed E-state index contributed by atoms with van der Waals surface area (Å²) < 4.78 is 0. The quantitative estimate of drug-likeness (QED) is 0.827. The third-order valence-corrected chi connectivity index (χ3v) is 3.31. The number of hydrogen-bond acceptors (Lipinski definition) is 4. The van der Waals surface area contributed by atoms with Crippen LogP contribution in [0.15, 0.2) is 29.3 Å². The van der Waals surface area contributed by atoms with Crippen molar-refractivity contribution in [3.8, 4) is 5.75 Å². The second-order valence-electron chi connectivity index (χ2n) is 4.80. The molecular formula is C13H18N2O2. The van der Waals surface area contributed by atoms with Gasteiger partial charge in [0.25, 0.3) is 0 Å². The zero-order valence-corrected chi connectivity index (χ0v) is 10.4. The van der Waals surface area contributed by atoms with Crippen LogP contribution in [-0.4, -0.2) is 26.6 Å². The van der Waals surface area contributed by atoms with Crippen LogP contribution in [0.3, 0.4) is 0 Å². The number of nitrogens with zero attached hydrogens (tertiary/aromatic N) is 2. The lowest BCUT2D eigenvalue weighted by atomic mass is 9.97. The van der Waals surface area contributed by atoms with Crippen molar-refractivity contribution in [3.05, 3.63) is 29.8 Å². The molecule has 17 heavy (non-hydrogen) atoms. The van der Waals surface area contributed by atoms with Crippen LogP contribution in [0.4, 0.5) is 0 Å². The summed E-state index contributed by atoms with van der Waals surface area (Å²) in [6.07, 6.45) is 0.444. The van der Waals surface area contributed by atoms with Gasteiger partial charge < -0.3 is 10.3 Å². The summed E-state index contributed by atoms with van der Waals surface area (Å²) in [7, 11) is 0. The molecule has 1 aliphatic heterocycles. The van der Waals surface area contributed by atoms with E-state index < -0.39 is 5.54 Å². The Labute approximate surface area is 101 Å². The van der Waals surface area contributed by atoms with Gasteiger partial charge in [-0.05, 0) is 38.0 Å². The molecule has 1 unspecified atom stereocenters. The van der Waals surface area contributed by atoms with E-state index in [-0.39, 0.29) is 11.9 Å². The molecule has 1 aromatic carbocycles. The van der Waals surface area contributed by atoms with Crippen LogP contribution in [0.2, 0.25) is 0 Å². The van der Waals surface area contributed by atoms with Gasteiger partial charge in [-0.1, -0.05) is 19.1 Å². The van der Waals surface area contributed by atoms with E-state index in [0.29, 0.717) is 0 Å². The number of rotatable bonds is 2. The third-order valence-electron chi connectivity index (χ3n) is 3.31. The van der Waals surface area contributed by atoms with Gasteiger partial charge in [-0.25, -0.2) is 0 Å². The Hall–Kier alpha value is -1.39. The Balaban J connectivity index is 2.35. The molecule has 1 aromatic rings. The molecule has 0 saturated carbocycles. The molecule has 0 amide bonds. The topological polar surface area (TPSA) is 56.1 Å². The van der Waals surface area contributed by atoms with Crippen molar-refractivity contribution in [1.29, 1.82) is 0 Å². The summed E-state index contributed by atoms with van der Waals surface area (Å²) >= 11 is 0. The Morgan fingerprint density at radius 2 is 1.88 bits per heavy atom. The minimum Gasteiger partial charge on any atom is -0.508 e. The summed E-state index contributed by atoms with van der Waals surface area (Å²) in [5.74, 6) is 0.218. The van der Waals surface area contributed by atoms with Crippen molar-refractivity contribution in [1.82, 2.24) is 5.06 Å². The number of phenols is 1. The van der Waals surface area contributed by atoms with E-state index in [4.69, 9.17) is 0 Å². The smallest absolute Gasteiger partial charge is 0.151 e. The van der Waals surface area contributed by atoms with Gasteiger partial charge in [0.05, 0.1) is 5.54 Å². The first-order chi connectivity index (χ1) is 7.96. The van der Waals surface area contributed by atoms with E-state index in [1.165, 1.54) is 5.06 Å². The lowest BCUT2D eigenvalue weighted by Gasteiger charge is -2.30. The molecule has 0 saturated heterocycles. The van der Waals surface area contributed by atoms with E-state index in [2.05, 4.69) is 4.99 Å². The van der Waals surface area contributed by atoms with Gasteiger partial charge in [-0.3, -0.25) is 4.99 Å². The monoisotopic (exact) mass is 234 g/mol. The third kappa shape index (κ3) is 1.94. The maximum atomic E-state index is 10.2. The normalized spacial score (nSPS) is 23.8. The van der Waals surface area contributed by atoms with Crippen LogP contribution in [0.25, 0.3) is 0 Å². The number of phenolic OH excluding ortho intramolecular Hbond substituents is 1. The van der Waals surface area contributed by atoms with E-state index >= 15 is 0 Å². The highest BCUT2D eigenvalue weighted by Gasteiger charge is 2.41. The zero-order chi connectivity index (χ0) is 12.6. The fourth-order valence-electron chi connectivity index (χ4n) is 2.18. The van der Waals surface area contributed by atoms with Crippen LogP contribution in [0.1, 0.15) is 38.9 Å². The molecule has 0 aromatic heterocycles. The standard InChI is InChI=1S/C13H18N2O2/c1-4-11-13(2,3)15(17)12(14-11)9-5-7-10(16)8-6-9/h5-8,12,16-17H,4H2,1-3H3. The van der Waals surface area contributed by atoms with Gasteiger partial charge in [-0.2, -0.15) is 5.06 Å². The highest BCUT2D eigenvalue weighted by atomic mass is 16.5. The predicted octanol–water partition coefficient (Wildman–Crippen LogP) is 2.73. The van der Waals surface area contributed by atoms with Crippen molar-refractivity contribution >= 4 is 5.71 Å². The lowest BCUT2D eigenvalue weighted by Crippen LogP contribution is -2.43. The first-order valence-corrected chi connectivity index (χ1v) is 5.81. The van der Waals surface area contributed by atoms with Gasteiger partial charge >= 0.3 is 0 Å². The van der Waals surface area contributed by atoms with Crippen molar-refractivity contribution in [2.45, 2.75) is 38.9 Å². The molecule has 0 bridgehead atoms. The summed E-state index contributed by atoms with van der Waals surface area (Å²) in [4.78, 5) is 4.55. The van der Waals surface area contributed by atoms with Crippen molar-refractivity contribution < 1.29 is 10.3 Å². The van der Waals surface area contributed by atoms with Crippen LogP contribution >= 0.6 is 0 Å². The molecule has 0 aliphatic carbocycles. The molecule has 1 atom stereocenters. The zero-order valence-electron chi connectivity index (χ0n) is 10.4. The minimum atomic E-state index is -0.433. The molecular weight excluding hydrogens is 216 g/mol. The first-order valence-electron chi connectivity index (χ1n) is 5.81. The predicted molar refractivity (Wildman–Crippen MR) is 66.3 cm³/mol. The number of hydrogen-bond donors (Lipinski definition) is 2. The Bertz CT molecular complexity index is 437. The van der Waals surface area contributed by atoms with Gasteiger partial charge in [0.1, 0.15) is 5.75 Å². The number of aliphatic imine (C=N–C) groups is 1. The summed E-state index contributed by atoms with van der Waals surface area (Å²) in [5.41, 5.74) is 1.43. The molecule has 92 valence electrons. The van der Waals surface area contributed by atoms with E-state index in [1.807, 2.05) is 20.8 Å². The highest BCUT2D eigenvalue weighted by molar-refractivity contribution is 5.94. The van der Waals surface area contributed by atoms with Gasteiger partial charge in [-0.15, -0.1) is 0 Å².